The molecule has 0 heterocycles. The van der Waals surface area contributed by atoms with Crippen molar-refractivity contribution in [2.75, 3.05) is 68.0 Å². The van der Waals surface area contributed by atoms with Crippen LogP contribution in [0.2, 0.25) is 0 Å². The second kappa shape index (κ2) is 67.5. The monoisotopic (exact) mass is 1270 g/mol. The Hall–Kier alpha value is -0.489. The Bertz CT molecular complexity index is 1670. The van der Waals surface area contributed by atoms with Crippen LogP contribution in [0.3, 0.4) is 0 Å². The number of nitrogens with zero attached hydrogens (tertiary/aromatic N) is 2. The molecular formula is C47H82BrCl2FK2N6O11Sn. The van der Waals surface area contributed by atoms with E-state index in [1.54, 1.807) is 13.0 Å². The van der Waals surface area contributed by atoms with Crippen molar-refractivity contribution < 1.29 is 154 Å². The normalized spacial score (nSPS) is 9.15. The van der Waals surface area contributed by atoms with E-state index >= 15 is 0 Å². The van der Waals surface area contributed by atoms with E-state index in [1.165, 1.54) is 101 Å². The van der Waals surface area contributed by atoms with Crippen LogP contribution in [-0.4, -0.2) is 91.3 Å². The van der Waals surface area contributed by atoms with Crippen LogP contribution in [-0.2, 0) is 9.68 Å². The van der Waals surface area contributed by atoms with Gasteiger partial charge < -0.3 is 53.4 Å². The molecule has 0 aliphatic rings. The number of phenolic OH excluding ortho intramolecular Hbond substituents is 1. The number of rotatable bonds is 27. The number of nitro groups is 2. The summed E-state index contributed by atoms with van der Waals surface area (Å²) in [5.74, 6) is 3.03. The van der Waals surface area contributed by atoms with E-state index in [9.17, 15) is 24.6 Å². The van der Waals surface area contributed by atoms with Crippen molar-refractivity contribution in [3.05, 3.63) is 74.8 Å². The molecule has 0 saturated carbocycles. The molecule has 0 amide bonds. The Morgan fingerprint density at radius 1 is 0.718 bits per heavy atom. The number of unbranched alkanes of at least 4 members (excludes halogenated alkanes) is 12. The number of hydrogen-bond donors (Lipinski definition) is 6. The zero-order chi connectivity index (χ0) is 54.2. The molecule has 0 unspecified atom stereocenters. The molecule has 0 aromatic heterocycles. The number of nitrogens with one attached hydrogen (secondary N) is 2. The molecule has 3 rings (SSSR count). The number of carbonyl (C=O) groups is 1. The van der Waals surface area contributed by atoms with Gasteiger partial charge >= 0.3 is 140 Å². The molecule has 71 heavy (non-hydrogen) atoms. The average Bonchev–Trinajstić information content (AvgIpc) is 3.34. The van der Waals surface area contributed by atoms with Gasteiger partial charge in [0.15, 0.2) is 0 Å². The van der Waals surface area contributed by atoms with Crippen LogP contribution in [0.4, 0.5) is 38.5 Å². The van der Waals surface area contributed by atoms with Gasteiger partial charge in [-0.2, -0.15) is 0 Å². The van der Waals surface area contributed by atoms with Crippen molar-refractivity contribution in [1.29, 1.82) is 0 Å². The number of aliphatic hydroxyl groups excluding tert-OH is 1. The first-order valence-corrected chi connectivity index (χ1v) is 31.7. The van der Waals surface area contributed by atoms with E-state index in [0.29, 0.717) is 12.4 Å². The fourth-order valence-corrected chi connectivity index (χ4v) is 5.31. The predicted molar refractivity (Wildman–Crippen MR) is 288 cm³/mol. The van der Waals surface area contributed by atoms with Gasteiger partial charge in [-0.25, -0.2) is 0 Å². The van der Waals surface area contributed by atoms with Crippen LogP contribution in [0.25, 0.3) is 0 Å². The van der Waals surface area contributed by atoms with Gasteiger partial charge in [0.25, 0.3) is 17.8 Å². The maximum atomic E-state index is 10.9. The molecular weight excluding hydrogens is 1190 g/mol. The summed E-state index contributed by atoms with van der Waals surface area (Å²) < 4.78 is 27.2. The summed E-state index contributed by atoms with van der Waals surface area (Å²) >= 11 is 2.11. The fraction of sp³-hybridized carbons (Fsp3) is 0.596. The number of hydrogen-bond acceptors (Lipinski definition) is 15. The molecule has 3 aromatic carbocycles. The Balaban J connectivity index is -0.000000128. The molecule has 0 atom stereocenters. The Morgan fingerprint density at radius 2 is 1.06 bits per heavy atom. The van der Waals surface area contributed by atoms with E-state index in [1.807, 2.05) is 24.0 Å². The molecule has 0 aliphatic heterocycles. The number of anilines is 4. The Morgan fingerprint density at radius 3 is 1.41 bits per heavy atom. The minimum Gasteiger partial charge on any atom is -1.00 e. The molecule has 0 bridgehead atoms. The number of ether oxygens (including phenoxy) is 2. The second-order valence-electron chi connectivity index (χ2n) is 14.1. The third-order valence-electron chi connectivity index (χ3n) is 8.65. The van der Waals surface area contributed by atoms with Crippen molar-refractivity contribution in [3.63, 3.8) is 0 Å². The summed E-state index contributed by atoms with van der Waals surface area (Å²) in [7, 11) is 8.87. The van der Waals surface area contributed by atoms with Gasteiger partial charge in [0.1, 0.15) is 17.2 Å². The number of benzene rings is 3. The molecule has 0 aliphatic carbocycles. The third kappa shape index (κ3) is 55.6. The summed E-state index contributed by atoms with van der Waals surface area (Å²) in [6.45, 7) is 13.8. The summed E-state index contributed by atoms with van der Waals surface area (Å²) in [4.78, 5) is 31.3. The van der Waals surface area contributed by atoms with E-state index in [2.05, 4.69) is 59.1 Å². The van der Waals surface area contributed by atoms with Crippen LogP contribution in [0.5, 0.6) is 17.2 Å². The smallest absolute Gasteiger partial charge is 1.00 e. The van der Waals surface area contributed by atoms with Crippen LogP contribution in [0.15, 0.2) is 54.6 Å². The first kappa shape index (κ1) is 81.9. The maximum Gasteiger partial charge on any atom is 1.00 e. The van der Waals surface area contributed by atoms with Gasteiger partial charge in [-0.15, -0.1) is 0 Å². The van der Waals surface area contributed by atoms with Gasteiger partial charge in [-0.05, 0) is 62.7 Å². The number of phenols is 1. The summed E-state index contributed by atoms with van der Waals surface area (Å²) in [5, 5.41) is 52.8. The SMILES string of the molecule is CBr.CCCCCCNc1ccc(N)cc1OCCCCCC.CCCCCCNc1ccc([N+](=O)[O-])cc1OCCCCCC.CCO.Nc1ccc([N+](=O)[O-])cc1O.O=CO[O-].[2H]CF.[Cl][Sn][Cl].[H-].[K+].[K+]. The first-order chi connectivity index (χ1) is 33.7. The summed E-state index contributed by atoms with van der Waals surface area (Å²) in [5.41, 5.74) is 13.8. The zero-order valence-electron chi connectivity index (χ0n) is 45.5. The molecule has 3 aromatic rings. The van der Waals surface area contributed by atoms with Crippen LogP contribution >= 0.6 is 33.8 Å². The van der Waals surface area contributed by atoms with Crippen molar-refractivity contribution >= 4 is 93.3 Å². The molecule has 8 N–H and O–H groups in total. The van der Waals surface area contributed by atoms with E-state index < -0.39 is 31.0 Å². The van der Waals surface area contributed by atoms with E-state index in [-0.39, 0.29) is 145 Å². The first-order valence-electron chi connectivity index (χ1n) is 23.6. The van der Waals surface area contributed by atoms with Crippen LogP contribution in [0, 0.1) is 20.2 Å². The molecule has 24 heteroatoms. The van der Waals surface area contributed by atoms with E-state index in [4.69, 9.17) is 60.4 Å². The molecule has 17 nitrogen and oxygen atoms in total. The summed E-state index contributed by atoms with van der Waals surface area (Å²) in [6, 6.07) is 14.2. The number of nitro benzene ring substituents is 2. The molecule has 400 valence electrons. The number of non-ortho nitro benzene ring substituents is 2. The third-order valence-corrected chi connectivity index (χ3v) is 8.65. The number of halogens is 4. The minimum absolute atomic E-state index is 0. The Labute approximate surface area is 537 Å². The molecule has 0 spiro atoms. The minimum atomic E-state index is -1.00. The Kier molecular flexibility index (Phi) is 77.9. The number of alkyl halides is 2. The number of aromatic hydroxyl groups is 1. The second-order valence-corrected chi connectivity index (χ2v) is 18.3. The number of nitrogen functional groups attached to an aromatic ring is 2. The maximum absolute atomic E-state index is 10.9. The van der Waals surface area contributed by atoms with E-state index in [0.717, 1.165) is 74.3 Å². The predicted octanol–water partition coefficient (Wildman–Crippen LogP) is 6.80. The van der Waals surface area contributed by atoms with Gasteiger partial charge in [-0.3, -0.25) is 29.4 Å². The van der Waals surface area contributed by atoms with Gasteiger partial charge in [0, 0.05) is 43.6 Å². The average molecular weight is 1270 g/mol. The molecule has 0 saturated heterocycles. The van der Waals surface area contributed by atoms with Crippen LogP contribution in [0.1, 0.15) is 140 Å². The zero-order valence-corrected chi connectivity index (χ0v) is 55.7. The van der Waals surface area contributed by atoms with Crippen molar-refractivity contribution in [2.24, 2.45) is 0 Å². The van der Waals surface area contributed by atoms with Gasteiger partial charge in [0.05, 0.1) is 60.8 Å². The summed E-state index contributed by atoms with van der Waals surface area (Å²) in [6.07, 6.45) is 19.2. The largest absolute Gasteiger partial charge is 1.00 e. The van der Waals surface area contributed by atoms with Crippen molar-refractivity contribution in [2.45, 2.75) is 137 Å². The van der Waals surface area contributed by atoms with Gasteiger partial charge in [-0.1, -0.05) is 121 Å². The number of aliphatic hydroxyl groups is 1. The van der Waals surface area contributed by atoms with Crippen molar-refractivity contribution in [3.8, 4) is 17.2 Å². The van der Waals surface area contributed by atoms with Crippen molar-refractivity contribution in [1.82, 2.24) is 0 Å². The number of carbonyl (C=O) groups excluding carboxylic acids is 1. The fourth-order valence-electron chi connectivity index (χ4n) is 5.31. The standard InChI is InChI=1S/C18H30N2O3.C18H32N2O.C6H6N2O3.C2H6O.CH3Br.CH3F.CH2O3.2ClH.2K.Sn.H/c1-3-5-7-9-13-19-17-12-11-16(20(21)22)15-18(17)23-14-10-8-6-4-2;1-3-5-7-9-13-20-17-12-11-16(19)15-18(17)21-14-10-8-6-4-2;7-5-2-1-4(8(10)11)3-6(5)9;1-2-3;2*1-2;2-1-4-3;;;;;;/h11-12,15,19H,3-10,13-14H2,1-2H3;11-12,15,20H,3-10,13-14,19H2,1-2H3;1-3,9H,7H2;3H,2H2,1H3;2*1H3;1,3H;2*1H;;;;/q;;;;;;;;;2*+1;+2;-1/p-3/i;;;;;1D;;;;;;;. The molecule has 2 radical (unpaired) electrons. The topological polar surface area (TPSA) is 271 Å². The molecule has 0 fully saturated rings. The van der Waals surface area contributed by atoms with Crippen LogP contribution < -0.4 is 140 Å². The quantitative estimate of drug-likeness (QED) is 0.00528. The van der Waals surface area contributed by atoms with Gasteiger partial charge in [0.2, 0.25) is 0 Å². The number of nitrogens with two attached hydrogens (primary N) is 2.